The third-order valence-electron chi connectivity index (χ3n) is 5.40. The molecule has 0 amide bonds. The van der Waals surface area contributed by atoms with Crippen molar-refractivity contribution in [2.75, 3.05) is 13.7 Å². The van der Waals surface area contributed by atoms with E-state index in [0.29, 0.717) is 12.1 Å². The number of benzene rings is 2. The predicted octanol–water partition coefficient (Wildman–Crippen LogP) is 3.03. The fraction of sp³-hybridized carbons (Fsp3) is 0.250. The zero-order valence-corrected chi connectivity index (χ0v) is 16.5. The molecule has 3 aromatic rings. The number of aromatic hydroxyl groups is 1. The number of hydrogen-bond donors (Lipinski definition) is 1. The van der Waals surface area contributed by atoms with Gasteiger partial charge in [-0.15, -0.1) is 0 Å². The molecule has 4 heteroatoms. The van der Waals surface area contributed by atoms with Gasteiger partial charge < -0.3 is 9.84 Å². The van der Waals surface area contributed by atoms with Crippen LogP contribution >= 0.6 is 0 Å². The van der Waals surface area contributed by atoms with E-state index in [0.717, 1.165) is 28.7 Å². The Morgan fingerprint density at radius 3 is 2.93 bits per heavy atom. The van der Waals surface area contributed by atoms with Gasteiger partial charge >= 0.3 is 0 Å². The quantitative estimate of drug-likeness (QED) is 0.715. The van der Waals surface area contributed by atoms with Crippen LogP contribution in [0.5, 0.6) is 11.5 Å². The highest BCUT2D eigenvalue weighted by Crippen LogP contribution is 2.29. The third kappa shape index (κ3) is 3.26. The molecule has 0 fully saturated rings. The molecule has 2 aromatic carbocycles. The highest BCUT2D eigenvalue weighted by atomic mass is 16.5. The number of hydrogen-bond acceptors (Lipinski definition) is 3. The Balaban J connectivity index is 1.67. The molecule has 0 aliphatic carbocycles. The normalized spacial score (nSPS) is 16.2. The lowest BCUT2D eigenvalue weighted by atomic mass is 10.0. The summed E-state index contributed by atoms with van der Waals surface area (Å²) in [5, 5.41) is 14.0. The van der Waals surface area contributed by atoms with Crippen LogP contribution in [0.15, 0.2) is 48.7 Å². The van der Waals surface area contributed by atoms with Crippen molar-refractivity contribution in [3.05, 3.63) is 70.4 Å². The number of ether oxygens (including phenoxy) is 1. The lowest BCUT2D eigenvalue weighted by Crippen LogP contribution is -2.45. The van der Waals surface area contributed by atoms with Crippen LogP contribution in [-0.2, 0) is 0 Å². The number of aromatic nitrogens is 1. The molecular formula is C24H25N2O2+. The number of fused-ring (bicyclic) bond motifs is 2. The van der Waals surface area contributed by atoms with E-state index >= 15 is 0 Å². The van der Waals surface area contributed by atoms with E-state index in [1.807, 2.05) is 44.2 Å². The van der Waals surface area contributed by atoms with Gasteiger partial charge in [-0.1, -0.05) is 18.2 Å². The molecule has 142 valence electrons. The Hall–Kier alpha value is -3.14. The van der Waals surface area contributed by atoms with Gasteiger partial charge in [0.25, 0.3) is 0 Å². The lowest BCUT2D eigenvalue weighted by Gasteiger charge is -2.12. The standard InChI is InChI=1S/C24H24N2O2/c1-4-28-20-10-12-22-18(15-20)6-9-19(26(22)3)8-5-17-7-11-21-16(2)13-14-25-23(21)24(17)27/h5-8,10-15,19H,4,9H2,1-3H3/p+1/b8-5+. The first-order valence-corrected chi connectivity index (χ1v) is 9.67. The first-order chi connectivity index (χ1) is 13.6. The summed E-state index contributed by atoms with van der Waals surface area (Å²) < 4.78 is 7.88. The van der Waals surface area contributed by atoms with E-state index in [-0.39, 0.29) is 11.8 Å². The zero-order chi connectivity index (χ0) is 19.7. The van der Waals surface area contributed by atoms with Gasteiger partial charge in [0.2, 0.25) is 5.36 Å². The SMILES string of the molecule is CCOc1ccc2c(c1)=CCC(/C=C/c1ccc3c(C)ccnc3c1O)[N+]=2C. The number of pyridine rings is 1. The molecule has 1 N–H and O–H groups in total. The number of phenols is 1. The summed E-state index contributed by atoms with van der Waals surface area (Å²) in [5.41, 5.74) is 2.55. The fourth-order valence-corrected chi connectivity index (χ4v) is 3.77. The van der Waals surface area contributed by atoms with E-state index in [9.17, 15) is 5.11 Å². The average molecular weight is 373 g/mol. The Kier molecular flexibility index (Phi) is 4.86. The van der Waals surface area contributed by atoms with Gasteiger partial charge in [0.1, 0.15) is 24.1 Å². The highest BCUT2D eigenvalue weighted by molar-refractivity contribution is 5.90. The molecule has 2 heterocycles. The number of nitrogens with zero attached hydrogens (tertiary/aromatic N) is 2. The van der Waals surface area contributed by atoms with Gasteiger partial charge in [0, 0.05) is 34.9 Å². The second-order valence-electron chi connectivity index (χ2n) is 7.16. The van der Waals surface area contributed by atoms with Gasteiger partial charge in [-0.3, -0.25) is 4.98 Å². The van der Waals surface area contributed by atoms with E-state index in [2.05, 4.69) is 40.9 Å². The van der Waals surface area contributed by atoms with Gasteiger partial charge in [-0.2, -0.15) is 0 Å². The Labute approximate surface area is 164 Å². The third-order valence-corrected chi connectivity index (χ3v) is 5.40. The van der Waals surface area contributed by atoms with Crippen molar-refractivity contribution in [1.29, 1.82) is 0 Å². The van der Waals surface area contributed by atoms with Gasteiger partial charge in [0.15, 0.2) is 6.04 Å². The maximum atomic E-state index is 10.7. The van der Waals surface area contributed by atoms with Crippen LogP contribution in [0.1, 0.15) is 24.5 Å². The van der Waals surface area contributed by atoms with Crippen molar-refractivity contribution in [3.63, 3.8) is 0 Å². The van der Waals surface area contributed by atoms with Crippen molar-refractivity contribution in [2.45, 2.75) is 26.3 Å². The molecule has 0 saturated heterocycles. The predicted molar refractivity (Wildman–Crippen MR) is 114 cm³/mol. The number of aryl methyl sites for hydroxylation is 1. The molecule has 4 nitrogen and oxygen atoms in total. The van der Waals surface area contributed by atoms with E-state index < -0.39 is 0 Å². The van der Waals surface area contributed by atoms with E-state index in [4.69, 9.17) is 4.74 Å². The topological polar surface area (TPSA) is 45.4 Å². The largest absolute Gasteiger partial charge is 0.505 e. The molecule has 1 aromatic heterocycles. The molecule has 1 aliphatic heterocycles. The van der Waals surface area contributed by atoms with E-state index in [1.165, 1.54) is 10.6 Å². The maximum absolute atomic E-state index is 10.7. The highest BCUT2D eigenvalue weighted by Gasteiger charge is 2.18. The van der Waals surface area contributed by atoms with Gasteiger partial charge in [-0.25, -0.2) is 4.58 Å². The maximum Gasteiger partial charge on any atom is 0.207 e. The second kappa shape index (κ2) is 7.47. The van der Waals surface area contributed by atoms with Crippen molar-refractivity contribution in [1.82, 2.24) is 9.56 Å². The molecule has 0 spiro atoms. The molecule has 0 bridgehead atoms. The van der Waals surface area contributed by atoms with Gasteiger partial charge in [-0.05, 0) is 49.8 Å². The van der Waals surface area contributed by atoms with Crippen LogP contribution in [-0.4, -0.2) is 29.8 Å². The van der Waals surface area contributed by atoms with Gasteiger partial charge in [0.05, 0.1) is 6.61 Å². The van der Waals surface area contributed by atoms with Crippen LogP contribution in [0.4, 0.5) is 0 Å². The molecule has 1 aliphatic rings. The molecule has 0 saturated carbocycles. The van der Waals surface area contributed by atoms with Crippen LogP contribution in [0.3, 0.4) is 0 Å². The summed E-state index contributed by atoms with van der Waals surface area (Å²) in [6.07, 6.45) is 9.03. The summed E-state index contributed by atoms with van der Waals surface area (Å²) in [6.45, 7) is 4.69. The first kappa shape index (κ1) is 18.2. The molecule has 0 radical (unpaired) electrons. The Morgan fingerprint density at radius 2 is 2.11 bits per heavy atom. The van der Waals surface area contributed by atoms with Crippen molar-refractivity contribution in [2.24, 2.45) is 0 Å². The van der Waals surface area contributed by atoms with Crippen LogP contribution in [0, 0.1) is 6.92 Å². The molecule has 1 unspecified atom stereocenters. The molecule has 4 rings (SSSR count). The smallest absolute Gasteiger partial charge is 0.207 e. The van der Waals surface area contributed by atoms with Crippen molar-refractivity contribution < 1.29 is 9.84 Å². The van der Waals surface area contributed by atoms with Crippen LogP contribution in [0.25, 0.3) is 23.1 Å². The summed E-state index contributed by atoms with van der Waals surface area (Å²) in [7, 11) is 2.10. The Bertz CT molecular complexity index is 1200. The molecule has 1 atom stereocenters. The average Bonchev–Trinajstić information content (AvgIpc) is 2.70. The van der Waals surface area contributed by atoms with Crippen molar-refractivity contribution in [3.8, 4) is 11.5 Å². The zero-order valence-electron chi connectivity index (χ0n) is 16.5. The second-order valence-corrected chi connectivity index (χ2v) is 7.16. The summed E-state index contributed by atoms with van der Waals surface area (Å²) in [6, 6.07) is 12.4. The molecule has 28 heavy (non-hydrogen) atoms. The number of phenolic OH excluding ortho intramolecular Hbond substituents is 1. The summed E-state index contributed by atoms with van der Waals surface area (Å²) in [5.74, 6) is 1.14. The fourth-order valence-electron chi connectivity index (χ4n) is 3.77. The Morgan fingerprint density at radius 1 is 1.25 bits per heavy atom. The van der Waals surface area contributed by atoms with E-state index in [1.54, 1.807) is 6.20 Å². The van der Waals surface area contributed by atoms with Crippen LogP contribution in [0.2, 0.25) is 0 Å². The minimum absolute atomic E-state index is 0.228. The number of likely N-dealkylation sites (N-methyl/N-ethyl adjacent to an activating group) is 1. The minimum Gasteiger partial charge on any atom is -0.505 e. The monoisotopic (exact) mass is 373 g/mol. The first-order valence-electron chi connectivity index (χ1n) is 9.67. The number of rotatable bonds is 4. The summed E-state index contributed by atoms with van der Waals surface area (Å²) >= 11 is 0. The van der Waals surface area contributed by atoms with Crippen molar-refractivity contribution >= 4 is 23.1 Å². The molecular weight excluding hydrogens is 348 g/mol. The minimum atomic E-state index is 0.228. The summed E-state index contributed by atoms with van der Waals surface area (Å²) in [4.78, 5) is 4.35. The van der Waals surface area contributed by atoms with Crippen LogP contribution < -0.4 is 19.9 Å². The lowest BCUT2D eigenvalue weighted by molar-refractivity contribution is 0.339.